The Hall–Kier alpha value is -2.15. The first-order valence-corrected chi connectivity index (χ1v) is 8.31. The molecule has 7 heteroatoms. The first-order valence-electron chi connectivity index (χ1n) is 7.93. The predicted octanol–water partition coefficient (Wildman–Crippen LogP) is 2.57. The van der Waals surface area contributed by atoms with Gasteiger partial charge < -0.3 is 10.1 Å². The number of nitrogens with one attached hydrogen (secondary N) is 3. The SMILES string of the molecule is COc1cccc(C2NNCC2C(=O)NCc2c(F)cccc2Cl)c1. The fraction of sp³-hybridized carbons (Fsp3) is 0.278. The quantitative estimate of drug-likeness (QED) is 0.764. The van der Waals surface area contributed by atoms with Gasteiger partial charge in [-0.15, -0.1) is 0 Å². The summed E-state index contributed by atoms with van der Waals surface area (Å²) in [5, 5.41) is 3.07. The smallest absolute Gasteiger partial charge is 0.226 e. The molecule has 0 spiro atoms. The third-order valence-corrected chi connectivity index (χ3v) is 4.63. The molecular formula is C18H19ClFN3O2. The number of carbonyl (C=O) groups is 1. The van der Waals surface area contributed by atoms with Gasteiger partial charge in [0.25, 0.3) is 0 Å². The lowest BCUT2D eigenvalue weighted by Crippen LogP contribution is -2.35. The van der Waals surface area contributed by atoms with Crippen molar-refractivity contribution < 1.29 is 13.9 Å². The summed E-state index contributed by atoms with van der Waals surface area (Å²) in [7, 11) is 1.60. The molecule has 1 fully saturated rings. The van der Waals surface area contributed by atoms with Crippen LogP contribution in [-0.4, -0.2) is 19.6 Å². The highest BCUT2D eigenvalue weighted by Crippen LogP contribution is 2.28. The molecule has 0 saturated carbocycles. The number of rotatable bonds is 5. The van der Waals surface area contributed by atoms with Gasteiger partial charge >= 0.3 is 0 Å². The van der Waals surface area contributed by atoms with Gasteiger partial charge in [-0.2, -0.15) is 0 Å². The standard InChI is InChI=1S/C18H19ClFN3O2/c1-25-12-5-2-4-11(8-12)17-14(10-22-23-17)18(24)21-9-13-15(19)6-3-7-16(13)20/h2-8,14,17,22-23H,9-10H2,1H3,(H,21,24). The van der Waals surface area contributed by atoms with E-state index in [1.165, 1.54) is 12.1 Å². The fourth-order valence-corrected chi connectivity index (χ4v) is 3.13. The van der Waals surface area contributed by atoms with Crippen LogP contribution in [0.2, 0.25) is 5.02 Å². The second-order valence-corrected chi connectivity index (χ2v) is 6.21. The minimum Gasteiger partial charge on any atom is -0.497 e. The highest BCUT2D eigenvalue weighted by molar-refractivity contribution is 6.31. The monoisotopic (exact) mass is 363 g/mol. The van der Waals surface area contributed by atoms with Crippen LogP contribution in [-0.2, 0) is 11.3 Å². The summed E-state index contributed by atoms with van der Waals surface area (Å²) in [6, 6.07) is 11.8. The summed E-state index contributed by atoms with van der Waals surface area (Å²) >= 11 is 6.00. The zero-order chi connectivity index (χ0) is 17.8. The Morgan fingerprint density at radius 2 is 2.16 bits per heavy atom. The van der Waals surface area contributed by atoms with E-state index in [-0.39, 0.29) is 30.0 Å². The average Bonchev–Trinajstić information content (AvgIpc) is 3.11. The molecule has 2 atom stereocenters. The molecule has 1 amide bonds. The van der Waals surface area contributed by atoms with Crippen molar-refractivity contribution in [2.75, 3.05) is 13.7 Å². The van der Waals surface area contributed by atoms with Crippen molar-refractivity contribution in [3.05, 3.63) is 64.4 Å². The minimum absolute atomic E-state index is 0.0473. The van der Waals surface area contributed by atoms with Crippen LogP contribution in [0.4, 0.5) is 4.39 Å². The average molecular weight is 364 g/mol. The molecule has 1 heterocycles. The van der Waals surface area contributed by atoms with Crippen molar-refractivity contribution in [1.29, 1.82) is 0 Å². The third kappa shape index (κ3) is 3.92. The van der Waals surface area contributed by atoms with E-state index in [0.717, 1.165) is 11.3 Å². The summed E-state index contributed by atoms with van der Waals surface area (Å²) in [5.41, 5.74) is 7.34. The topological polar surface area (TPSA) is 62.4 Å². The Kier molecular flexibility index (Phi) is 5.53. The lowest BCUT2D eigenvalue weighted by Gasteiger charge is -2.19. The van der Waals surface area contributed by atoms with Crippen molar-refractivity contribution >= 4 is 17.5 Å². The molecule has 0 aliphatic carbocycles. The zero-order valence-corrected chi connectivity index (χ0v) is 14.4. The number of ether oxygens (including phenoxy) is 1. The van der Waals surface area contributed by atoms with E-state index in [9.17, 15) is 9.18 Å². The van der Waals surface area contributed by atoms with Crippen LogP contribution < -0.4 is 20.9 Å². The molecule has 1 saturated heterocycles. The van der Waals surface area contributed by atoms with E-state index >= 15 is 0 Å². The second-order valence-electron chi connectivity index (χ2n) is 5.80. The minimum atomic E-state index is -0.431. The molecule has 3 rings (SSSR count). The number of benzene rings is 2. The Morgan fingerprint density at radius 3 is 2.92 bits per heavy atom. The van der Waals surface area contributed by atoms with Crippen molar-refractivity contribution in [3.63, 3.8) is 0 Å². The first kappa shape index (κ1) is 17.7. The number of halogens is 2. The summed E-state index contributed by atoms with van der Waals surface area (Å²) in [6.07, 6.45) is 0. The van der Waals surface area contributed by atoms with Crippen molar-refractivity contribution in [3.8, 4) is 5.75 Å². The van der Waals surface area contributed by atoms with Gasteiger partial charge in [0.15, 0.2) is 0 Å². The van der Waals surface area contributed by atoms with Crippen molar-refractivity contribution in [2.24, 2.45) is 5.92 Å². The van der Waals surface area contributed by atoms with Gasteiger partial charge in [-0.1, -0.05) is 29.8 Å². The Bertz CT molecular complexity index is 751. The number of hydrogen-bond acceptors (Lipinski definition) is 4. The molecule has 5 nitrogen and oxygen atoms in total. The molecule has 3 N–H and O–H groups in total. The Balaban J connectivity index is 1.70. The van der Waals surface area contributed by atoms with Crippen LogP contribution in [0, 0.1) is 11.7 Å². The molecule has 2 unspecified atom stereocenters. The highest BCUT2D eigenvalue weighted by Gasteiger charge is 2.34. The maximum absolute atomic E-state index is 13.8. The van der Waals surface area contributed by atoms with Gasteiger partial charge in [0, 0.05) is 23.7 Å². The van der Waals surface area contributed by atoms with Gasteiger partial charge in [-0.3, -0.25) is 10.2 Å². The maximum atomic E-state index is 13.8. The molecule has 0 aromatic heterocycles. The van der Waals surface area contributed by atoms with Gasteiger partial charge in [0.05, 0.1) is 19.1 Å². The number of hydrazine groups is 1. The zero-order valence-electron chi connectivity index (χ0n) is 13.7. The van der Waals surface area contributed by atoms with Crippen LogP contribution in [0.3, 0.4) is 0 Å². The molecule has 1 aliphatic heterocycles. The Labute approximate surface area is 150 Å². The van der Waals surface area contributed by atoms with E-state index < -0.39 is 5.82 Å². The molecule has 0 bridgehead atoms. The number of methoxy groups -OCH3 is 1. The van der Waals surface area contributed by atoms with E-state index in [0.29, 0.717) is 11.6 Å². The van der Waals surface area contributed by atoms with E-state index in [1.54, 1.807) is 13.2 Å². The maximum Gasteiger partial charge on any atom is 0.226 e. The lowest BCUT2D eigenvalue weighted by molar-refractivity contribution is -0.125. The van der Waals surface area contributed by atoms with Crippen molar-refractivity contribution in [2.45, 2.75) is 12.6 Å². The molecule has 2 aromatic carbocycles. The summed E-state index contributed by atoms with van der Waals surface area (Å²) in [4.78, 5) is 12.6. The van der Waals surface area contributed by atoms with Crippen LogP contribution >= 0.6 is 11.6 Å². The fourth-order valence-electron chi connectivity index (χ4n) is 2.90. The largest absolute Gasteiger partial charge is 0.497 e. The highest BCUT2D eigenvalue weighted by atomic mass is 35.5. The third-order valence-electron chi connectivity index (χ3n) is 4.27. The second kappa shape index (κ2) is 7.82. The molecule has 1 aliphatic rings. The summed E-state index contributed by atoms with van der Waals surface area (Å²) in [5.74, 6) is -0.217. The van der Waals surface area contributed by atoms with Gasteiger partial charge in [0.1, 0.15) is 11.6 Å². The number of amides is 1. The number of carbonyl (C=O) groups excluding carboxylic acids is 1. The van der Waals surface area contributed by atoms with Gasteiger partial charge in [0.2, 0.25) is 5.91 Å². The molecule has 25 heavy (non-hydrogen) atoms. The Morgan fingerprint density at radius 1 is 1.36 bits per heavy atom. The van der Waals surface area contributed by atoms with Crippen LogP contribution in [0.25, 0.3) is 0 Å². The van der Waals surface area contributed by atoms with E-state index in [1.807, 2.05) is 24.3 Å². The van der Waals surface area contributed by atoms with Crippen molar-refractivity contribution in [1.82, 2.24) is 16.2 Å². The molecular weight excluding hydrogens is 345 g/mol. The van der Waals surface area contributed by atoms with Crippen LogP contribution in [0.1, 0.15) is 17.2 Å². The summed E-state index contributed by atoms with van der Waals surface area (Å²) < 4.78 is 19.1. The van der Waals surface area contributed by atoms with E-state index in [2.05, 4.69) is 16.2 Å². The van der Waals surface area contributed by atoms with Gasteiger partial charge in [-0.05, 0) is 29.8 Å². The first-order chi connectivity index (χ1) is 12.1. The van der Waals surface area contributed by atoms with Gasteiger partial charge in [-0.25, -0.2) is 9.82 Å². The molecule has 2 aromatic rings. The molecule has 132 valence electrons. The predicted molar refractivity (Wildman–Crippen MR) is 93.6 cm³/mol. The summed E-state index contributed by atoms with van der Waals surface area (Å²) in [6.45, 7) is 0.518. The molecule has 0 radical (unpaired) electrons. The number of hydrogen-bond donors (Lipinski definition) is 3. The van der Waals surface area contributed by atoms with Crippen LogP contribution in [0.5, 0.6) is 5.75 Å². The van der Waals surface area contributed by atoms with Crippen LogP contribution in [0.15, 0.2) is 42.5 Å². The normalized spacial score (nSPS) is 19.6. The van der Waals surface area contributed by atoms with E-state index in [4.69, 9.17) is 16.3 Å². The lowest BCUT2D eigenvalue weighted by atomic mass is 9.94.